The maximum Gasteiger partial charge on any atom is 0.289 e. The summed E-state index contributed by atoms with van der Waals surface area (Å²) in [7, 11) is 0. The lowest BCUT2D eigenvalue weighted by Crippen LogP contribution is -2.38. The molecule has 2 aromatic rings. The molecule has 0 saturated carbocycles. The van der Waals surface area contributed by atoms with Crippen LogP contribution in [0, 0.1) is 0 Å². The molecule has 2 aliphatic rings. The molecule has 1 N–H and O–H groups in total. The molecule has 8 heteroatoms. The molecule has 0 aliphatic carbocycles. The summed E-state index contributed by atoms with van der Waals surface area (Å²) in [6, 6.07) is 16.2. The fraction of sp³-hybridized carbons (Fsp3) is 0.304. The average molecular weight is 438 g/mol. The van der Waals surface area contributed by atoms with E-state index < -0.39 is 0 Å². The van der Waals surface area contributed by atoms with Crippen LogP contribution in [0.1, 0.15) is 40.4 Å². The Morgan fingerprint density at radius 3 is 2.52 bits per heavy atom. The largest absolute Gasteiger partial charge is 0.343 e. The third-order valence-corrected chi connectivity index (χ3v) is 6.31. The molecular formula is C23H23N3O4S. The van der Waals surface area contributed by atoms with E-state index >= 15 is 0 Å². The molecule has 0 unspecified atom stereocenters. The Balaban J connectivity index is 1.49. The van der Waals surface area contributed by atoms with Crippen LogP contribution in [-0.2, 0) is 16.1 Å². The standard InChI is InChI=1S/C23H23N3O4S/c27-20-10-5-11-25(20)14-19(17-7-2-1-3-8-17)24-22(29)18-9-4-6-16(12-18)13-26-21(28)15-31-23(26)30/h1-4,6-9,12,19H,5,10-11,13-15H2,(H,24,29)/t19-/m1/s1. The second-order valence-electron chi connectivity index (χ2n) is 7.61. The number of thioether (sulfide) groups is 1. The molecule has 0 bridgehead atoms. The van der Waals surface area contributed by atoms with Gasteiger partial charge in [-0.3, -0.25) is 24.1 Å². The van der Waals surface area contributed by atoms with Gasteiger partial charge in [0.1, 0.15) is 0 Å². The van der Waals surface area contributed by atoms with Crippen LogP contribution in [0.2, 0.25) is 0 Å². The van der Waals surface area contributed by atoms with Crippen LogP contribution in [0.5, 0.6) is 0 Å². The minimum Gasteiger partial charge on any atom is -0.343 e. The number of hydrogen-bond donors (Lipinski definition) is 1. The van der Waals surface area contributed by atoms with Gasteiger partial charge >= 0.3 is 0 Å². The number of nitrogens with zero attached hydrogens (tertiary/aromatic N) is 2. The van der Waals surface area contributed by atoms with Crippen molar-refractivity contribution in [1.29, 1.82) is 0 Å². The molecule has 4 rings (SSSR count). The first-order valence-electron chi connectivity index (χ1n) is 10.2. The molecule has 7 nitrogen and oxygen atoms in total. The first kappa shape index (κ1) is 21.1. The van der Waals surface area contributed by atoms with Crippen LogP contribution in [0.15, 0.2) is 54.6 Å². The molecule has 31 heavy (non-hydrogen) atoms. The summed E-state index contributed by atoms with van der Waals surface area (Å²) in [5.41, 5.74) is 2.08. The number of likely N-dealkylation sites (tertiary alicyclic amines) is 1. The molecule has 4 amide bonds. The van der Waals surface area contributed by atoms with Gasteiger partial charge < -0.3 is 10.2 Å². The third-order valence-electron chi connectivity index (χ3n) is 5.45. The van der Waals surface area contributed by atoms with Crippen molar-refractivity contribution in [3.63, 3.8) is 0 Å². The van der Waals surface area contributed by atoms with E-state index in [1.165, 1.54) is 4.90 Å². The lowest BCUT2D eigenvalue weighted by atomic mass is 10.0. The van der Waals surface area contributed by atoms with Crippen molar-refractivity contribution in [3.8, 4) is 0 Å². The Morgan fingerprint density at radius 1 is 1.03 bits per heavy atom. The maximum atomic E-state index is 13.0. The molecule has 0 radical (unpaired) electrons. The van der Waals surface area contributed by atoms with Gasteiger partial charge in [0.2, 0.25) is 11.8 Å². The van der Waals surface area contributed by atoms with Crippen LogP contribution in [0.4, 0.5) is 4.79 Å². The van der Waals surface area contributed by atoms with Crippen molar-refractivity contribution in [1.82, 2.24) is 15.1 Å². The third kappa shape index (κ3) is 4.96. The van der Waals surface area contributed by atoms with E-state index in [2.05, 4.69) is 5.32 Å². The fourth-order valence-electron chi connectivity index (χ4n) is 3.81. The predicted molar refractivity (Wildman–Crippen MR) is 117 cm³/mol. The monoisotopic (exact) mass is 437 g/mol. The van der Waals surface area contributed by atoms with Crippen molar-refractivity contribution in [2.24, 2.45) is 0 Å². The molecule has 160 valence electrons. The maximum absolute atomic E-state index is 13.0. The van der Waals surface area contributed by atoms with Crippen LogP contribution >= 0.6 is 11.8 Å². The summed E-state index contributed by atoms with van der Waals surface area (Å²) >= 11 is 0.990. The number of nitrogens with one attached hydrogen (secondary N) is 1. The number of imide groups is 1. The number of rotatable bonds is 7. The lowest BCUT2D eigenvalue weighted by molar-refractivity contribution is -0.128. The van der Waals surface area contributed by atoms with Gasteiger partial charge in [0, 0.05) is 25.1 Å². The highest BCUT2D eigenvalue weighted by Crippen LogP contribution is 2.22. The zero-order chi connectivity index (χ0) is 21.8. The van der Waals surface area contributed by atoms with Gasteiger partial charge in [-0.05, 0) is 29.7 Å². The van der Waals surface area contributed by atoms with Gasteiger partial charge in [0.15, 0.2) is 0 Å². The van der Waals surface area contributed by atoms with Crippen molar-refractivity contribution in [3.05, 3.63) is 71.3 Å². The quantitative estimate of drug-likeness (QED) is 0.720. The SMILES string of the molecule is O=C(N[C@H](CN1CCCC1=O)c1ccccc1)c1cccc(CN2C(=O)CSC2=O)c1. The van der Waals surface area contributed by atoms with Gasteiger partial charge in [0.05, 0.1) is 18.3 Å². The zero-order valence-electron chi connectivity index (χ0n) is 17.0. The smallest absolute Gasteiger partial charge is 0.289 e. The van der Waals surface area contributed by atoms with Crippen LogP contribution in [0.25, 0.3) is 0 Å². The summed E-state index contributed by atoms with van der Waals surface area (Å²) in [4.78, 5) is 51.9. The topological polar surface area (TPSA) is 86.8 Å². The van der Waals surface area contributed by atoms with E-state index in [9.17, 15) is 19.2 Å². The van der Waals surface area contributed by atoms with E-state index in [1.807, 2.05) is 30.3 Å². The van der Waals surface area contributed by atoms with Gasteiger partial charge in [-0.25, -0.2) is 0 Å². The summed E-state index contributed by atoms with van der Waals surface area (Å²) in [6.45, 7) is 1.27. The average Bonchev–Trinajstić information content (AvgIpc) is 3.33. The minimum absolute atomic E-state index is 0.106. The van der Waals surface area contributed by atoms with Gasteiger partial charge in [-0.2, -0.15) is 0 Å². The lowest BCUT2D eigenvalue weighted by Gasteiger charge is -2.25. The fourth-order valence-corrected chi connectivity index (χ4v) is 4.53. The molecule has 2 fully saturated rings. The highest BCUT2D eigenvalue weighted by Gasteiger charge is 2.30. The highest BCUT2D eigenvalue weighted by atomic mass is 32.2. The second-order valence-corrected chi connectivity index (χ2v) is 8.54. The number of benzene rings is 2. The molecule has 2 saturated heterocycles. The van der Waals surface area contributed by atoms with Crippen LogP contribution in [-0.4, -0.2) is 51.6 Å². The second kappa shape index (κ2) is 9.34. The molecule has 2 aliphatic heterocycles. The Bertz CT molecular complexity index is 995. The van der Waals surface area contributed by atoms with Crippen molar-refractivity contribution in [2.45, 2.75) is 25.4 Å². The Labute approximate surface area is 184 Å². The van der Waals surface area contributed by atoms with Crippen molar-refractivity contribution in [2.75, 3.05) is 18.8 Å². The van der Waals surface area contributed by atoms with E-state index in [0.29, 0.717) is 30.6 Å². The van der Waals surface area contributed by atoms with Crippen molar-refractivity contribution >= 4 is 34.7 Å². The summed E-state index contributed by atoms with van der Waals surface area (Å²) in [6.07, 6.45) is 1.38. The van der Waals surface area contributed by atoms with Gasteiger partial charge in [-0.15, -0.1) is 0 Å². The molecule has 0 spiro atoms. The Morgan fingerprint density at radius 2 is 1.84 bits per heavy atom. The number of hydrogen-bond acceptors (Lipinski definition) is 5. The summed E-state index contributed by atoms with van der Waals surface area (Å²) in [5.74, 6) is -0.220. The minimum atomic E-state index is -0.336. The number of amides is 4. The molecule has 0 aromatic heterocycles. The van der Waals surface area contributed by atoms with E-state index in [1.54, 1.807) is 29.2 Å². The van der Waals surface area contributed by atoms with Crippen LogP contribution in [0.3, 0.4) is 0 Å². The van der Waals surface area contributed by atoms with Crippen molar-refractivity contribution < 1.29 is 19.2 Å². The molecule has 2 aromatic carbocycles. The van der Waals surface area contributed by atoms with Gasteiger partial charge in [-0.1, -0.05) is 54.2 Å². The first-order chi connectivity index (χ1) is 15.0. The zero-order valence-corrected chi connectivity index (χ0v) is 17.8. The normalized spacial score (nSPS) is 17.4. The predicted octanol–water partition coefficient (Wildman–Crippen LogP) is 2.98. The Kier molecular flexibility index (Phi) is 6.36. The highest BCUT2D eigenvalue weighted by molar-refractivity contribution is 8.14. The molecule has 2 heterocycles. The van der Waals surface area contributed by atoms with E-state index in [-0.39, 0.29) is 41.3 Å². The molecular weight excluding hydrogens is 414 g/mol. The van der Waals surface area contributed by atoms with Gasteiger partial charge in [0.25, 0.3) is 11.1 Å². The van der Waals surface area contributed by atoms with E-state index in [4.69, 9.17) is 0 Å². The summed E-state index contributed by atoms with van der Waals surface area (Å²) in [5, 5.41) is 2.79. The Hall–Kier alpha value is -3.13. The number of carbonyl (C=O) groups excluding carboxylic acids is 4. The van der Waals surface area contributed by atoms with Crippen LogP contribution < -0.4 is 5.32 Å². The first-order valence-corrected chi connectivity index (χ1v) is 11.2. The molecule has 1 atom stereocenters. The number of carbonyl (C=O) groups is 4. The van der Waals surface area contributed by atoms with E-state index in [0.717, 1.165) is 23.7 Å². The summed E-state index contributed by atoms with van der Waals surface area (Å²) < 4.78 is 0.